The van der Waals surface area contributed by atoms with Crippen molar-refractivity contribution in [3.05, 3.63) is 72.1 Å². The maximum atomic E-state index is 12.2. The maximum absolute atomic E-state index is 12.2. The van der Waals surface area contributed by atoms with Gasteiger partial charge in [-0.3, -0.25) is 4.79 Å². The Labute approximate surface area is 173 Å². The lowest BCUT2D eigenvalue weighted by Gasteiger charge is -2.09. The molecule has 1 aromatic heterocycles. The van der Waals surface area contributed by atoms with Gasteiger partial charge >= 0.3 is 0 Å². The first-order chi connectivity index (χ1) is 13.7. The van der Waals surface area contributed by atoms with Crippen LogP contribution in [0.1, 0.15) is 11.1 Å². The van der Waals surface area contributed by atoms with Crippen molar-refractivity contribution >= 4 is 29.4 Å². The van der Waals surface area contributed by atoms with Gasteiger partial charge in [-0.05, 0) is 36.2 Å². The lowest BCUT2D eigenvalue weighted by Crippen LogP contribution is -2.24. The molecule has 0 saturated heterocycles. The maximum Gasteiger partial charge on any atom is 0.230 e. The summed E-state index contributed by atoms with van der Waals surface area (Å²) in [4.78, 5) is 22.2. The van der Waals surface area contributed by atoms with Gasteiger partial charge in [-0.1, -0.05) is 53.9 Å². The van der Waals surface area contributed by atoms with Gasteiger partial charge in [0.2, 0.25) is 5.91 Å². The van der Waals surface area contributed by atoms with Crippen LogP contribution in [0.15, 0.2) is 75.9 Å². The molecular formula is C21H21N3O2S2. The minimum Gasteiger partial charge on any atom is -0.497 e. The highest BCUT2D eigenvalue weighted by molar-refractivity contribution is 8.02. The molecule has 2 aromatic carbocycles. The fourth-order valence-corrected chi connectivity index (χ4v) is 4.21. The Bertz CT molecular complexity index is 933. The number of rotatable bonds is 8. The second-order valence-electron chi connectivity index (χ2n) is 5.95. The molecule has 0 fully saturated rings. The zero-order valence-electron chi connectivity index (χ0n) is 15.7. The Balaban J connectivity index is 1.55. The largest absolute Gasteiger partial charge is 0.497 e. The number of carbonyl (C=O) groups excluding carboxylic acids is 1. The van der Waals surface area contributed by atoms with Crippen molar-refractivity contribution in [3.8, 4) is 5.75 Å². The fourth-order valence-electron chi connectivity index (χ4n) is 2.39. The van der Waals surface area contributed by atoms with E-state index in [1.165, 1.54) is 17.3 Å². The normalized spacial score (nSPS) is 10.5. The van der Waals surface area contributed by atoms with Crippen LogP contribution in [0.25, 0.3) is 0 Å². The molecule has 0 atom stereocenters. The van der Waals surface area contributed by atoms with E-state index in [9.17, 15) is 4.79 Å². The Morgan fingerprint density at radius 3 is 2.46 bits per heavy atom. The molecule has 28 heavy (non-hydrogen) atoms. The summed E-state index contributed by atoms with van der Waals surface area (Å²) in [5, 5.41) is 4.50. The van der Waals surface area contributed by atoms with Crippen molar-refractivity contribution < 1.29 is 9.53 Å². The van der Waals surface area contributed by atoms with E-state index in [1.54, 1.807) is 31.3 Å². The van der Waals surface area contributed by atoms with Gasteiger partial charge in [0.05, 0.1) is 12.9 Å². The standard InChI is InChI=1S/C21H21N3O2S2/c1-15-5-3-4-6-18(15)28-21-20(22-11-12-23-21)27-14-19(25)24-13-16-7-9-17(26-2)10-8-16/h3-12H,13-14H2,1-2H3,(H,24,25). The SMILES string of the molecule is COc1ccc(CNC(=O)CSc2nccnc2Sc2ccccc2C)cc1. The number of thioether (sulfide) groups is 1. The van der Waals surface area contributed by atoms with Crippen LogP contribution in [0.2, 0.25) is 0 Å². The molecule has 0 aliphatic rings. The summed E-state index contributed by atoms with van der Waals surface area (Å²) < 4.78 is 5.14. The van der Waals surface area contributed by atoms with Gasteiger partial charge in [-0.2, -0.15) is 0 Å². The summed E-state index contributed by atoms with van der Waals surface area (Å²) in [6.07, 6.45) is 3.33. The lowest BCUT2D eigenvalue weighted by atomic mass is 10.2. The van der Waals surface area contributed by atoms with Crippen LogP contribution in [0.5, 0.6) is 5.75 Å². The van der Waals surface area contributed by atoms with Gasteiger partial charge in [-0.25, -0.2) is 9.97 Å². The van der Waals surface area contributed by atoms with E-state index in [0.29, 0.717) is 6.54 Å². The fraction of sp³-hybridized carbons (Fsp3) is 0.190. The van der Waals surface area contributed by atoms with Crippen LogP contribution in [0.4, 0.5) is 0 Å². The smallest absolute Gasteiger partial charge is 0.230 e. The number of aryl methyl sites for hydroxylation is 1. The highest BCUT2D eigenvalue weighted by Gasteiger charge is 2.11. The van der Waals surface area contributed by atoms with Crippen molar-refractivity contribution in [3.63, 3.8) is 0 Å². The molecule has 0 unspecified atom stereocenters. The Hall–Kier alpha value is -2.51. The van der Waals surface area contributed by atoms with Crippen molar-refractivity contribution in [1.29, 1.82) is 0 Å². The average Bonchev–Trinajstić information content (AvgIpc) is 2.73. The molecule has 7 heteroatoms. The van der Waals surface area contributed by atoms with Gasteiger partial charge in [0.1, 0.15) is 15.8 Å². The van der Waals surface area contributed by atoms with E-state index in [1.807, 2.05) is 36.4 Å². The van der Waals surface area contributed by atoms with Crippen LogP contribution < -0.4 is 10.1 Å². The summed E-state index contributed by atoms with van der Waals surface area (Å²) >= 11 is 2.96. The van der Waals surface area contributed by atoms with Gasteiger partial charge in [-0.15, -0.1) is 0 Å². The molecule has 0 bridgehead atoms. The summed E-state index contributed by atoms with van der Waals surface area (Å²) in [6.45, 7) is 2.55. The van der Waals surface area contributed by atoms with E-state index in [0.717, 1.165) is 26.3 Å². The van der Waals surface area contributed by atoms with Gasteiger partial charge in [0, 0.05) is 23.8 Å². The molecule has 1 amide bonds. The molecule has 0 aliphatic carbocycles. The molecule has 0 spiro atoms. The summed E-state index contributed by atoms with van der Waals surface area (Å²) in [5.41, 5.74) is 2.21. The number of methoxy groups -OCH3 is 1. The van der Waals surface area contributed by atoms with Crippen LogP contribution in [-0.2, 0) is 11.3 Å². The number of nitrogens with one attached hydrogen (secondary N) is 1. The minimum absolute atomic E-state index is 0.0432. The Morgan fingerprint density at radius 2 is 1.75 bits per heavy atom. The van der Waals surface area contributed by atoms with Gasteiger partial charge in [0.15, 0.2) is 0 Å². The third kappa shape index (κ3) is 5.74. The van der Waals surface area contributed by atoms with E-state index >= 15 is 0 Å². The molecule has 5 nitrogen and oxygen atoms in total. The average molecular weight is 412 g/mol. The van der Waals surface area contributed by atoms with E-state index in [4.69, 9.17) is 4.74 Å². The molecule has 0 saturated carbocycles. The van der Waals surface area contributed by atoms with Gasteiger partial charge < -0.3 is 10.1 Å². The summed E-state index contributed by atoms with van der Waals surface area (Å²) in [7, 11) is 1.63. The highest BCUT2D eigenvalue weighted by atomic mass is 32.2. The summed E-state index contributed by atoms with van der Waals surface area (Å²) in [5.74, 6) is 1.04. The third-order valence-corrected chi connectivity index (χ3v) is 6.20. The van der Waals surface area contributed by atoms with Crippen LogP contribution in [0.3, 0.4) is 0 Å². The third-order valence-electron chi connectivity index (χ3n) is 3.92. The van der Waals surface area contributed by atoms with Crippen molar-refractivity contribution in [2.45, 2.75) is 28.4 Å². The number of carbonyl (C=O) groups is 1. The molecule has 0 radical (unpaired) electrons. The number of aromatic nitrogens is 2. The number of ether oxygens (including phenoxy) is 1. The second-order valence-corrected chi connectivity index (χ2v) is 7.94. The molecule has 3 rings (SSSR count). The first kappa shape index (κ1) is 20.2. The Kier molecular flexibility index (Phi) is 7.33. The zero-order valence-corrected chi connectivity index (χ0v) is 17.3. The highest BCUT2D eigenvalue weighted by Crippen LogP contribution is 2.33. The first-order valence-electron chi connectivity index (χ1n) is 8.72. The lowest BCUT2D eigenvalue weighted by molar-refractivity contribution is -0.118. The summed E-state index contributed by atoms with van der Waals surface area (Å²) in [6, 6.07) is 15.8. The minimum atomic E-state index is -0.0432. The second kappa shape index (κ2) is 10.1. The zero-order chi connectivity index (χ0) is 19.8. The van der Waals surface area contributed by atoms with Crippen LogP contribution >= 0.6 is 23.5 Å². The van der Waals surface area contributed by atoms with E-state index in [-0.39, 0.29) is 11.7 Å². The molecule has 0 aliphatic heterocycles. The topological polar surface area (TPSA) is 64.1 Å². The van der Waals surface area contributed by atoms with Crippen LogP contribution in [-0.4, -0.2) is 28.7 Å². The monoisotopic (exact) mass is 411 g/mol. The molecule has 1 heterocycles. The molecule has 3 aromatic rings. The number of benzene rings is 2. The van der Waals surface area contributed by atoms with Gasteiger partial charge in [0.25, 0.3) is 0 Å². The van der Waals surface area contributed by atoms with E-state index < -0.39 is 0 Å². The number of hydrogen-bond acceptors (Lipinski definition) is 6. The van der Waals surface area contributed by atoms with E-state index in [2.05, 4.69) is 34.3 Å². The Morgan fingerprint density at radius 1 is 1.04 bits per heavy atom. The van der Waals surface area contributed by atoms with Crippen molar-refractivity contribution in [2.75, 3.05) is 12.9 Å². The predicted molar refractivity (Wildman–Crippen MR) is 113 cm³/mol. The quantitative estimate of drug-likeness (QED) is 0.556. The van der Waals surface area contributed by atoms with Crippen molar-refractivity contribution in [2.24, 2.45) is 0 Å². The number of amides is 1. The molecule has 1 N–H and O–H groups in total. The number of nitrogens with zero attached hydrogens (tertiary/aromatic N) is 2. The predicted octanol–water partition coefficient (Wildman–Crippen LogP) is 4.35. The first-order valence-corrected chi connectivity index (χ1v) is 10.5. The van der Waals surface area contributed by atoms with Crippen molar-refractivity contribution in [1.82, 2.24) is 15.3 Å². The molecular weight excluding hydrogens is 390 g/mol. The number of hydrogen-bond donors (Lipinski definition) is 1. The molecule has 144 valence electrons. The van der Waals surface area contributed by atoms with Crippen LogP contribution in [0, 0.1) is 6.92 Å².